The SMILES string of the molecule is CC(=O)C1=C(O)CN(C(=O)OC(C)(C)C)C1. The number of Topliss-reactive ketones (excluding diaryl/α,β-unsaturated/α-hetero) is 1. The van der Waals surface area contributed by atoms with Gasteiger partial charge in [0.25, 0.3) is 0 Å². The van der Waals surface area contributed by atoms with Crippen LogP contribution in [-0.4, -0.2) is 40.6 Å². The molecular weight excluding hydrogens is 210 g/mol. The summed E-state index contributed by atoms with van der Waals surface area (Å²) in [6.07, 6.45) is -0.518. The van der Waals surface area contributed by atoms with Gasteiger partial charge in [-0.3, -0.25) is 9.69 Å². The zero-order valence-corrected chi connectivity index (χ0v) is 10.0. The normalized spacial score (nSPS) is 16.6. The molecule has 90 valence electrons. The molecule has 0 radical (unpaired) electrons. The summed E-state index contributed by atoms with van der Waals surface area (Å²) in [7, 11) is 0. The Morgan fingerprint density at radius 1 is 1.31 bits per heavy atom. The number of amides is 1. The number of hydrogen-bond donors (Lipinski definition) is 1. The van der Waals surface area contributed by atoms with Crippen molar-refractivity contribution in [2.45, 2.75) is 33.3 Å². The maximum Gasteiger partial charge on any atom is 0.411 e. The largest absolute Gasteiger partial charge is 0.510 e. The van der Waals surface area contributed by atoms with Gasteiger partial charge in [0.2, 0.25) is 0 Å². The molecule has 0 atom stereocenters. The molecule has 5 nitrogen and oxygen atoms in total. The van der Waals surface area contributed by atoms with E-state index < -0.39 is 11.7 Å². The Morgan fingerprint density at radius 2 is 1.88 bits per heavy atom. The molecular formula is C11H17NO4. The number of rotatable bonds is 1. The van der Waals surface area contributed by atoms with Crippen LogP contribution in [0, 0.1) is 0 Å². The highest BCUT2D eigenvalue weighted by Crippen LogP contribution is 2.19. The fourth-order valence-corrected chi connectivity index (χ4v) is 1.38. The average Bonchev–Trinajstić information content (AvgIpc) is 2.44. The Kier molecular flexibility index (Phi) is 3.26. The van der Waals surface area contributed by atoms with Gasteiger partial charge in [-0.2, -0.15) is 0 Å². The van der Waals surface area contributed by atoms with Gasteiger partial charge in [0.1, 0.15) is 11.4 Å². The number of ketones is 1. The van der Waals surface area contributed by atoms with Crippen LogP contribution in [0.1, 0.15) is 27.7 Å². The highest BCUT2D eigenvalue weighted by molar-refractivity contribution is 5.95. The second-order valence-electron chi connectivity index (χ2n) is 4.82. The molecule has 16 heavy (non-hydrogen) atoms. The van der Waals surface area contributed by atoms with E-state index in [0.29, 0.717) is 0 Å². The quantitative estimate of drug-likeness (QED) is 0.739. The monoisotopic (exact) mass is 227 g/mol. The van der Waals surface area contributed by atoms with Crippen molar-refractivity contribution in [3.05, 3.63) is 11.3 Å². The maximum absolute atomic E-state index is 11.6. The first-order valence-corrected chi connectivity index (χ1v) is 5.10. The van der Waals surface area contributed by atoms with E-state index in [4.69, 9.17) is 4.74 Å². The van der Waals surface area contributed by atoms with E-state index in [1.54, 1.807) is 20.8 Å². The van der Waals surface area contributed by atoms with Crippen LogP contribution in [0.15, 0.2) is 11.3 Å². The van der Waals surface area contributed by atoms with E-state index in [1.807, 2.05) is 0 Å². The van der Waals surface area contributed by atoms with Gasteiger partial charge in [-0.05, 0) is 27.7 Å². The zero-order chi connectivity index (χ0) is 12.5. The molecule has 0 aromatic rings. The number of ether oxygens (including phenoxy) is 1. The van der Waals surface area contributed by atoms with Crippen molar-refractivity contribution in [2.75, 3.05) is 13.1 Å². The Labute approximate surface area is 94.7 Å². The van der Waals surface area contributed by atoms with Gasteiger partial charge >= 0.3 is 6.09 Å². The molecule has 1 aliphatic heterocycles. The number of carbonyl (C=O) groups is 2. The van der Waals surface area contributed by atoms with Gasteiger partial charge in [-0.15, -0.1) is 0 Å². The predicted octanol–water partition coefficient (Wildman–Crippen LogP) is 1.64. The number of aliphatic hydroxyl groups excluding tert-OH is 1. The summed E-state index contributed by atoms with van der Waals surface area (Å²) in [6.45, 7) is 6.82. The van der Waals surface area contributed by atoms with Crippen LogP contribution < -0.4 is 0 Å². The van der Waals surface area contributed by atoms with E-state index in [-0.39, 0.29) is 30.2 Å². The number of carbonyl (C=O) groups excluding carboxylic acids is 2. The van der Waals surface area contributed by atoms with Crippen molar-refractivity contribution in [3.8, 4) is 0 Å². The summed E-state index contributed by atoms with van der Waals surface area (Å²) in [5.74, 6) is -0.262. The molecule has 5 heteroatoms. The van der Waals surface area contributed by atoms with Crippen LogP contribution in [0.4, 0.5) is 4.79 Å². The van der Waals surface area contributed by atoms with Gasteiger partial charge in [-0.25, -0.2) is 4.79 Å². The third kappa shape index (κ3) is 2.98. The lowest BCUT2D eigenvalue weighted by Crippen LogP contribution is -2.36. The smallest absolute Gasteiger partial charge is 0.411 e. The van der Waals surface area contributed by atoms with Crippen molar-refractivity contribution in [1.29, 1.82) is 0 Å². The molecule has 0 bridgehead atoms. The molecule has 0 aliphatic carbocycles. The second-order valence-corrected chi connectivity index (χ2v) is 4.82. The standard InChI is InChI=1S/C11H17NO4/c1-7(13)8-5-12(6-9(8)14)10(15)16-11(2,3)4/h14H,5-6H2,1-4H3. The summed E-state index contributed by atoms with van der Waals surface area (Å²) < 4.78 is 5.14. The molecule has 0 unspecified atom stereocenters. The van der Waals surface area contributed by atoms with Crippen molar-refractivity contribution < 1.29 is 19.4 Å². The Morgan fingerprint density at radius 3 is 2.25 bits per heavy atom. The first-order valence-electron chi connectivity index (χ1n) is 5.10. The lowest BCUT2D eigenvalue weighted by atomic mass is 10.2. The summed E-state index contributed by atoms with van der Waals surface area (Å²) in [6, 6.07) is 0. The minimum absolute atomic E-state index is 0.0432. The number of aliphatic hydroxyl groups is 1. The van der Waals surface area contributed by atoms with Crippen molar-refractivity contribution in [3.63, 3.8) is 0 Å². The van der Waals surface area contributed by atoms with E-state index >= 15 is 0 Å². The molecule has 0 spiro atoms. The predicted molar refractivity (Wildman–Crippen MR) is 58.1 cm³/mol. The summed E-state index contributed by atoms with van der Waals surface area (Å²) in [5.41, 5.74) is -0.294. The Balaban J connectivity index is 2.63. The molecule has 0 aromatic heterocycles. The highest BCUT2D eigenvalue weighted by Gasteiger charge is 2.30. The topological polar surface area (TPSA) is 66.8 Å². The van der Waals surface area contributed by atoms with E-state index in [1.165, 1.54) is 11.8 Å². The van der Waals surface area contributed by atoms with Gasteiger partial charge in [0.05, 0.1) is 18.7 Å². The molecule has 1 heterocycles. The molecule has 1 amide bonds. The van der Waals surface area contributed by atoms with Gasteiger partial charge in [0, 0.05) is 0 Å². The van der Waals surface area contributed by atoms with Gasteiger partial charge in [-0.1, -0.05) is 0 Å². The lowest BCUT2D eigenvalue weighted by molar-refractivity contribution is -0.113. The van der Waals surface area contributed by atoms with Crippen LogP contribution in [0.3, 0.4) is 0 Å². The number of hydrogen-bond acceptors (Lipinski definition) is 4. The summed E-state index contributed by atoms with van der Waals surface area (Å²) >= 11 is 0. The van der Waals surface area contributed by atoms with E-state index in [0.717, 1.165) is 0 Å². The minimum atomic E-state index is -0.578. The van der Waals surface area contributed by atoms with Crippen LogP contribution in [0.5, 0.6) is 0 Å². The first kappa shape index (κ1) is 12.5. The lowest BCUT2D eigenvalue weighted by Gasteiger charge is -2.24. The number of nitrogens with zero attached hydrogens (tertiary/aromatic N) is 1. The maximum atomic E-state index is 11.6. The van der Waals surface area contributed by atoms with Gasteiger partial charge in [0.15, 0.2) is 5.78 Å². The Bertz CT molecular complexity index is 351. The summed E-state index contributed by atoms with van der Waals surface area (Å²) in [4.78, 5) is 24.0. The molecule has 1 rings (SSSR count). The zero-order valence-electron chi connectivity index (χ0n) is 10.0. The molecule has 1 aliphatic rings. The molecule has 0 saturated heterocycles. The first-order chi connectivity index (χ1) is 7.20. The van der Waals surface area contributed by atoms with Crippen LogP contribution in [-0.2, 0) is 9.53 Å². The van der Waals surface area contributed by atoms with E-state index in [2.05, 4.69) is 0 Å². The van der Waals surface area contributed by atoms with Crippen molar-refractivity contribution in [1.82, 2.24) is 4.90 Å². The fourth-order valence-electron chi connectivity index (χ4n) is 1.38. The molecule has 0 aromatic carbocycles. The third-order valence-corrected chi connectivity index (χ3v) is 2.11. The summed E-state index contributed by atoms with van der Waals surface area (Å²) in [5, 5.41) is 9.49. The van der Waals surface area contributed by atoms with E-state index in [9.17, 15) is 14.7 Å². The highest BCUT2D eigenvalue weighted by atomic mass is 16.6. The third-order valence-electron chi connectivity index (χ3n) is 2.11. The molecule has 0 saturated carbocycles. The Hall–Kier alpha value is -1.52. The van der Waals surface area contributed by atoms with Crippen molar-refractivity contribution >= 4 is 11.9 Å². The second kappa shape index (κ2) is 4.15. The molecule has 1 N–H and O–H groups in total. The van der Waals surface area contributed by atoms with Crippen LogP contribution in [0.25, 0.3) is 0 Å². The van der Waals surface area contributed by atoms with Gasteiger partial charge < -0.3 is 9.84 Å². The van der Waals surface area contributed by atoms with Crippen molar-refractivity contribution in [2.24, 2.45) is 0 Å². The molecule has 0 fully saturated rings. The fraction of sp³-hybridized carbons (Fsp3) is 0.636. The average molecular weight is 227 g/mol. The van der Waals surface area contributed by atoms with Crippen LogP contribution >= 0.6 is 0 Å². The van der Waals surface area contributed by atoms with Crippen LogP contribution in [0.2, 0.25) is 0 Å². The minimum Gasteiger partial charge on any atom is -0.510 e.